The quantitative estimate of drug-likeness (QED) is 0.754. The monoisotopic (exact) mass is 256 g/mol. The zero-order valence-corrected chi connectivity index (χ0v) is 11.8. The molecule has 0 bridgehead atoms. The third-order valence-electron chi connectivity index (χ3n) is 3.96. The van der Waals surface area contributed by atoms with E-state index in [1.807, 2.05) is 6.07 Å². The lowest BCUT2D eigenvalue weighted by Crippen LogP contribution is -2.21. The Morgan fingerprint density at radius 1 is 1.26 bits per heavy atom. The van der Waals surface area contributed by atoms with Crippen LogP contribution in [-0.2, 0) is 0 Å². The van der Waals surface area contributed by atoms with Gasteiger partial charge in [-0.3, -0.25) is 4.99 Å². The topological polar surface area (TPSA) is 36.2 Å². The molecule has 1 atom stereocenters. The van der Waals surface area contributed by atoms with Crippen LogP contribution in [0, 0.1) is 11.3 Å². The highest BCUT2D eigenvalue weighted by Gasteiger charge is 2.18. The van der Waals surface area contributed by atoms with Gasteiger partial charge in [-0.2, -0.15) is 0 Å². The Balaban J connectivity index is 2.27. The van der Waals surface area contributed by atoms with E-state index < -0.39 is 0 Å². The molecule has 1 N–H and O–H groups in total. The highest BCUT2D eigenvalue weighted by molar-refractivity contribution is 6.09. The van der Waals surface area contributed by atoms with Crippen LogP contribution in [0.15, 0.2) is 35.3 Å². The summed E-state index contributed by atoms with van der Waals surface area (Å²) in [7, 11) is 0. The molecule has 1 aromatic rings. The van der Waals surface area contributed by atoms with Crippen molar-refractivity contribution >= 4 is 11.9 Å². The molecule has 19 heavy (non-hydrogen) atoms. The molecule has 0 spiro atoms. The minimum Gasteiger partial charge on any atom is -0.312 e. The van der Waals surface area contributed by atoms with Crippen LogP contribution in [0.3, 0.4) is 0 Å². The second-order valence-electron chi connectivity index (χ2n) is 5.35. The number of benzene rings is 1. The summed E-state index contributed by atoms with van der Waals surface area (Å²) >= 11 is 0. The van der Waals surface area contributed by atoms with Gasteiger partial charge >= 0.3 is 0 Å². The van der Waals surface area contributed by atoms with Gasteiger partial charge in [0, 0.05) is 12.1 Å². The summed E-state index contributed by atoms with van der Waals surface area (Å²) in [5, 5.41) is 7.65. The summed E-state index contributed by atoms with van der Waals surface area (Å²) in [5.74, 6) is 0.157. The lowest BCUT2D eigenvalue weighted by molar-refractivity contribution is 0.442. The summed E-state index contributed by atoms with van der Waals surface area (Å²) in [6, 6.07) is 10.9. The van der Waals surface area contributed by atoms with Crippen molar-refractivity contribution in [1.82, 2.24) is 0 Å². The molecule has 0 radical (unpaired) electrons. The molecular formula is C17H24N2. The van der Waals surface area contributed by atoms with E-state index in [2.05, 4.69) is 31.2 Å². The Morgan fingerprint density at radius 2 is 1.95 bits per heavy atom. The van der Waals surface area contributed by atoms with Crippen LogP contribution in [0.4, 0.5) is 0 Å². The number of rotatable bonds is 5. The highest BCUT2D eigenvalue weighted by Crippen LogP contribution is 2.23. The van der Waals surface area contributed by atoms with E-state index >= 15 is 0 Å². The Labute approximate surface area is 116 Å². The summed E-state index contributed by atoms with van der Waals surface area (Å²) in [4.78, 5) is 5.01. The van der Waals surface area contributed by atoms with E-state index in [1.165, 1.54) is 37.7 Å². The molecule has 0 saturated heterocycles. The minimum atomic E-state index is 0.157. The minimum absolute atomic E-state index is 0.157. The molecule has 0 heterocycles. The molecule has 1 saturated carbocycles. The van der Waals surface area contributed by atoms with Gasteiger partial charge in [0.2, 0.25) is 0 Å². The van der Waals surface area contributed by atoms with Crippen LogP contribution >= 0.6 is 0 Å². The standard InChI is InChI=1S/C17H24N2/c1-2-14(13-18)17(15-9-5-3-6-10-15)19-16-11-7-4-8-12-16/h3,5-6,9-10,13-14,16,18H,2,4,7-8,11-12H2,1H3. The highest BCUT2D eigenvalue weighted by atomic mass is 14.8. The number of hydrogen-bond donors (Lipinski definition) is 1. The van der Waals surface area contributed by atoms with E-state index in [0.717, 1.165) is 12.1 Å². The maximum Gasteiger partial charge on any atom is 0.0507 e. The second kappa shape index (κ2) is 7.22. The largest absolute Gasteiger partial charge is 0.312 e. The van der Waals surface area contributed by atoms with E-state index in [-0.39, 0.29) is 5.92 Å². The average molecular weight is 256 g/mol. The Kier molecular flexibility index (Phi) is 5.31. The maximum absolute atomic E-state index is 7.65. The van der Waals surface area contributed by atoms with Gasteiger partial charge in [-0.15, -0.1) is 0 Å². The van der Waals surface area contributed by atoms with Crippen molar-refractivity contribution in [2.45, 2.75) is 51.5 Å². The zero-order chi connectivity index (χ0) is 13.5. The zero-order valence-electron chi connectivity index (χ0n) is 11.8. The number of aliphatic imine (C=N–C) groups is 1. The van der Waals surface area contributed by atoms with Gasteiger partial charge < -0.3 is 5.41 Å². The van der Waals surface area contributed by atoms with Crippen molar-refractivity contribution in [3.8, 4) is 0 Å². The predicted molar refractivity (Wildman–Crippen MR) is 82.4 cm³/mol. The molecule has 1 fully saturated rings. The third-order valence-corrected chi connectivity index (χ3v) is 3.96. The lowest BCUT2D eigenvalue weighted by atomic mass is 9.92. The van der Waals surface area contributed by atoms with Crippen LogP contribution in [0.25, 0.3) is 0 Å². The van der Waals surface area contributed by atoms with E-state index in [1.54, 1.807) is 6.21 Å². The average Bonchev–Trinajstić information content (AvgIpc) is 2.49. The van der Waals surface area contributed by atoms with Crippen molar-refractivity contribution < 1.29 is 0 Å². The summed E-state index contributed by atoms with van der Waals surface area (Å²) in [6.07, 6.45) is 8.89. The van der Waals surface area contributed by atoms with Crippen LogP contribution in [0.1, 0.15) is 51.0 Å². The fraction of sp³-hybridized carbons (Fsp3) is 0.529. The normalized spacial score (nSPS) is 19.1. The van der Waals surface area contributed by atoms with Crippen LogP contribution in [0.2, 0.25) is 0 Å². The first-order chi connectivity index (χ1) is 9.35. The van der Waals surface area contributed by atoms with Crippen molar-refractivity contribution in [3.63, 3.8) is 0 Å². The van der Waals surface area contributed by atoms with Gasteiger partial charge in [0.15, 0.2) is 0 Å². The fourth-order valence-corrected chi connectivity index (χ4v) is 2.79. The molecule has 1 aliphatic rings. The predicted octanol–water partition coefficient (Wildman–Crippen LogP) is 4.48. The summed E-state index contributed by atoms with van der Waals surface area (Å²) in [6.45, 7) is 2.13. The van der Waals surface area contributed by atoms with Crippen molar-refractivity contribution in [1.29, 1.82) is 5.41 Å². The van der Waals surface area contributed by atoms with Gasteiger partial charge in [-0.25, -0.2) is 0 Å². The van der Waals surface area contributed by atoms with Crippen molar-refractivity contribution in [3.05, 3.63) is 35.9 Å². The first kappa shape index (κ1) is 14.0. The molecule has 2 rings (SSSR count). The van der Waals surface area contributed by atoms with Crippen LogP contribution in [0.5, 0.6) is 0 Å². The maximum atomic E-state index is 7.65. The van der Waals surface area contributed by atoms with Crippen molar-refractivity contribution in [2.75, 3.05) is 0 Å². The molecule has 0 aromatic heterocycles. The summed E-state index contributed by atoms with van der Waals surface area (Å²) < 4.78 is 0. The lowest BCUT2D eigenvalue weighted by Gasteiger charge is -2.21. The molecule has 2 nitrogen and oxygen atoms in total. The van der Waals surface area contributed by atoms with Gasteiger partial charge in [-0.1, -0.05) is 56.5 Å². The first-order valence-electron chi connectivity index (χ1n) is 7.49. The Bertz CT molecular complexity index is 416. The first-order valence-corrected chi connectivity index (χ1v) is 7.49. The number of hydrogen-bond acceptors (Lipinski definition) is 2. The van der Waals surface area contributed by atoms with Crippen LogP contribution < -0.4 is 0 Å². The molecule has 1 aromatic carbocycles. The van der Waals surface area contributed by atoms with E-state index in [9.17, 15) is 0 Å². The number of nitrogens with zero attached hydrogens (tertiary/aromatic N) is 1. The van der Waals surface area contributed by atoms with Crippen molar-refractivity contribution in [2.24, 2.45) is 10.9 Å². The number of nitrogens with one attached hydrogen (secondary N) is 1. The van der Waals surface area contributed by atoms with Gasteiger partial charge in [0.05, 0.1) is 11.8 Å². The van der Waals surface area contributed by atoms with E-state index in [0.29, 0.717) is 6.04 Å². The fourth-order valence-electron chi connectivity index (χ4n) is 2.79. The van der Waals surface area contributed by atoms with Gasteiger partial charge in [0.1, 0.15) is 0 Å². The molecule has 1 aliphatic carbocycles. The third kappa shape index (κ3) is 3.76. The van der Waals surface area contributed by atoms with Gasteiger partial charge in [0.25, 0.3) is 0 Å². The van der Waals surface area contributed by atoms with Crippen LogP contribution in [-0.4, -0.2) is 18.0 Å². The molecule has 2 heteroatoms. The summed E-state index contributed by atoms with van der Waals surface area (Å²) in [5.41, 5.74) is 2.30. The Hall–Kier alpha value is -1.44. The molecular weight excluding hydrogens is 232 g/mol. The van der Waals surface area contributed by atoms with Gasteiger partial charge in [-0.05, 0) is 24.8 Å². The second-order valence-corrected chi connectivity index (χ2v) is 5.35. The Morgan fingerprint density at radius 3 is 2.53 bits per heavy atom. The SMILES string of the molecule is CCC(C=N)C(=NC1CCCCC1)c1ccccc1. The smallest absolute Gasteiger partial charge is 0.0507 e. The molecule has 0 amide bonds. The molecule has 1 unspecified atom stereocenters. The van der Waals surface area contributed by atoms with E-state index in [4.69, 9.17) is 10.4 Å². The molecule has 102 valence electrons. The molecule has 0 aliphatic heterocycles.